The number of carbonyl (C=O) groups is 3. The lowest BCUT2D eigenvalue weighted by Gasteiger charge is -2.21. The van der Waals surface area contributed by atoms with Gasteiger partial charge in [0.25, 0.3) is 11.8 Å². The Hall–Kier alpha value is -3.35. The summed E-state index contributed by atoms with van der Waals surface area (Å²) >= 11 is 0. The van der Waals surface area contributed by atoms with Crippen molar-refractivity contribution in [2.45, 2.75) is 33.6 Å². The molecule has 166 valence electrons. The first kappa shape index (κ1) is 23.9. The fourth-order valence-corrected chi connectivity index (χ4v) is 3.16. The Morgan fingerprint density at radius 1 is 0.839 bits per heavy atom. The summed E-state index contributed by atoms with van der Waals surface area (Å²) in [6.45, 7) is 8.07. The van der Waals surface area contributed by atoms with Crippen LogP contribution < -0.4 is 16.0 Å². The van der Waals surface area contributed by atoms with Crippen LogP contribution in [0.4, 0.5) is 11.4 Å². The normalized spacial score (nSPS) is 10.3. The molecule has 0 saturated heterocycles. The average molecular weight is 425 g/mol. The van der Waals surface area contributed by atoms with Gasteiger partial charge in [-0.05, 0) is 62.2 Å². The largest absolute Gasteiger partial charge is 0.376 e. The van der Waals surface area contributed by atoms with Crippen molar-refractivity contribution in [3.05, 3.63) is 59.7 Å². The molecule has 0 bridgehead atoms. The summed E-state index contributed by atoms with van der Waals surface area (Å²) in [6, 6.07) is 13.9. The van der Waals surface area contributed by atoms with E-state index < -0.39 is 0 Å². The van der Waals surface area contributed by atoms with Crippen LogP contribution in [0.25, 0.3) is 0 Å². The van der Waals surface area contributed by atoms with Crippen LogP contribution in [0, 0.1) is 0 Å². The third-order valence-corrected chi connectivity index (χ3v) is 4.61. The molecule has 0 aliphatic heterocycles. The Morgan fingerprint density at radius 3 is 2.13 bits per heavy atom. The summed E-state index contributed by atoms with van der Waals surface area (Å²) in [5.74, 6) is -0.381. The van der Waals surface area contributed by atoms with E-state index in [-0.39, 0.29) is 24.3 Å². The van der Waals surface area contributed by atoms with Gasteiger partial charge >= 0.3 is 0 Å². The molecule has 0 unspecified atom stereocenters. The topological polar surface area (TPSA) is 90.5 Å². The third-order valence-electron chi connectivity index (χ3n) is 4.61. The highest BCUT2D eigenvalue weighted by atomic mass is 16.2. The molecule has 2 rings (SSSR count). The van der Waals surface area contributed by atoms with Gasteiger partial charge in [0.05, 0.1) is 6.54 Å². The quantitative estimate of drug-likeness (QED) is 0.512. The molecule has 0 radical (unpaired) electrons. The molecular weight excluding hydrogens is 392 g/mol. The molecule has 0 aliphatic carbocycles. The van der Waals surface area contributed by atoms with E-state index in [4.69, 9.17) is 0 Å². The fourth-order valence-electron chi connectivity index (χ4n) is 3.16. The number of rotatable bonds is 11. The van der Waals surface area contributed by atoms with Gasteiger partial charge in [-0.25, -0.2) is 0 Å². The van der Waals surface area contributed by atoms with Crippen LogP contribution in [0.1, 0.15) is 54.3 Å². The van der Waals surface area contributed by atoms with Gasteiger partial charge in [0, 0.05) is 42.1 Å². The molecule has 2 aromatic rings. The number of carbonyl (C=O) groups excluding carboxylic acids is 3. The molecular formula is C24H32N4O3. The lowest BCUT2D eigenvalue weighted by molar-refractivity contribution is -0.114. The predicted octanol–water partition coefficient (Wildman–Crippen LogP) is 3.75. The second-order valence-corrected chi connectivity index (χ2v) is 7.21. The highest BCUT2D eigenvalue weighted by Crippen LogP contribution is 2.13. The maximum atomic E-state index is 12.6. The molecule has 31 heavy (non-hydrogen) atoms. The molecule has 3 amide bonds. The predicted molar refractivity (Wildman–Crippen MR) is 124 cm³/mol. The molecule has 0 saturated carbocycles. The fraction of sp³-hybridized carbons (Fsp3) is 0.375. The van der Waals surface area contributed by atoms with Gasteiger partial charge < -0.3 is 20.9 Å². The molecule has 7 nitrogen and oxygen atoms in total. The van der Waals surface area contributed by atoms with Crippen molar-refractivity contribution in [2.75, 3.05) is 36.8 Å². The zero-order valence-electron chi connectivity index (χ0n) is 18.5. The number of hydrogen-bond acceptors (Lipinski definition) is 4. The van der Waals surface area contributed by atoms with Crippen LogP contribution in [0.3, 0.4) is 0 Å². The summed E-state index contributed by atoms with van der Waals surface area (Å²) in [6.07, 6.45) is 1.85. The lowest BCUT2D eigenvalue weighted by Crippen LogP contribution is -2.32. The van der Waals surface area contributed by atoms with Gasteiger partial charge in [0.15, 0.2) is 0 Å². The first-order valence-corrected chi connectivity index (χ1v) is 10.8. The van der Waals surface area contributed by atoms with Crippen molar-refractivity contribution in [1.29, 1.82) is 0 Å². The van der Waals surface area contributed by atoms with Crippen molar-refractivity contribution in [1.82, 2.24) is 10.2 Å². The van der Waals surface area contributed by atoms with Gasteiger partial charge in [-0.3, -0.25) is 14.4 Å². The smallest absolute Gasteiger partial charge is 0.253 e. The highest BCUT2D eigenvalue weighted by molar-refractivity contribution is 5.98. The molecule has 0 fully saturated rings. The molecule has 0 aromatic heterocycles. The summed E-state index contributed by atoms with van der Waals surface area (Å²) < 4.78 is 0. The van der Waals surface area contributed by atoms with Gasteiger partial charge in [-0.1, -0.05) is 19.9 Å². The summed E-state index contributed by atoms with van der Waals surface area (Å²) in [5.41, 5.74) is 2.44. The van der Waals surface area contributed by atoms with E-state index in [1.54, 1.807) is 48.5 Å². The maximum Gasteiger partial charge on any atom is 0.253 e. The zero-order valence-corrected chi connectivity index (χ0v) is 18.5. The van der Waals surface area contributed by atoms with Crippen molar-refractivity contribution in [2.24, 2.45) is 0 Å². The number of hydrogen-bond donors (Lipinski definition) is 3. The highest BCUT2D eigenvalue weighted by Gasteiger charge is 2.14. The van der Waals surface area contributed by atoms with Gasteiger partial charge in [-0.15, -0.1) is 0 Å². The molecule has 2 aromatic carbocycles. The van der Waals surface area contributed by atoms with Crippen molar-refractivity contribution in [3.63, 3.8) is 0 Å². The Balaban J connectivity index is 1.90. The van der Waals surface area contributed by atoms with Gasteiger partial charge in [0.2, 0.25) is 5.91 Å². The minimum atomic E-state index is -0.231. The van der Waals surface area contributed by atoms with E-state index in [0.717, 1.165) is 31.6 Å². The SMILES string of the molecule is CCCN(CCC)C(=O)c1ccc(NCC(=O)Nc2cccc(C(=O)NCC)c2)cc1. The first-order chi connectivity index (χ1) is 15.0. The van der Waals surface area contributed by atoms with Crippen molar-refractivity contribution in [3.8, 4) is 0 Å². The van der Waals surface area contributed by atoms with Crippen LogP contribution in [0.5, 0.6) is 0 Å². The molecule has 0 heterocycles. The van der Waals surface area contributed by atoms with Crippen LogP contribution in [-0.2, 0) is 4.79 Å². The van der Waals surface area contributed by atoms with Crippen LogP contribution in [0.2, 0.25) is 0 Å². The Labute approximate surface area is 184 Å². The van der Waals surface area contributed by atoms with E-state index in [1.807, 2.05) is 11.8 Å². The molecule has 0 aliphatic rings. The molecule has 0 atom stereocenters. The number of amides is 3. The summed E-state index contributed by atoms with van der Waals surface area (Å²) in [4.78, 5) is 38.7. The Kier molecular flexibility index (Phi) is 9.55. The Morgan fingerprint density at radius 2 is 1.52 bits per heavy atom. The second kappa shape index (κ2) is 12.4. The third kappa shape index (κ3) is 7.44. The standard InChI is InChI=1S/C24H32N4O3/c1-4-14-28(15-5-2)24(31)18-10-12-20(13-11-18)26-17-22(29)27-21-9-7-8-19(16-21)23(30)25-6-3/h7-13,16,26H,4-6,14-15,17H2,1-3H3,(H,25,30)(H,27,29). The van der Waals surface area contributed by atoms with E-state index in [1.165, 1.54) is 0 Å². The number of nitrogens with one attached hydrogen (secondary N) is 3. The molecule has 0 spiro atoms. The zero-order chi connectivity index (χ0) is 22.6. The van der Waals surface area contributed by atoms with E-state index in [2.05, 4.69) is 29.8 Å². The average Bonchev–Trinajstić information content (AvgIpc) is 2.78. The summed E-state index contributed by atoms with van der Waals surface area (Å²) in [7, 11) is 0. The number of anilines is 2. The van der Waals surface area contributed by atoms with Crippen molar-refractivity contribution >= 4 is 29.1 Å². The van der Waals surface area contributed by atoms with Gasteiger partial charge in [-0.2, -0.15) is 0 Å². The number of nitrogens with zero attached hydrogens (tertiary/aromatic N) is 1. The molecule has 7 heteroatoms. The maximum absolute atomic E-state index is 12.6. The van der Waals surface area contributed by atoms with E-state index in [0.29, 0.717) is 23.4 Å². The van der Waals surface area contributed by atoms with Crippen molar-refractivity contribution < 1.29 is 14.4 Å². The van der Waals surface area contributed by atoms with Crippen LogP contribution in [-0.4, -0.2) is 48.8 Å². The lowest BCUT2D eigenvalue weighted by atomic mass is 10.1. The van der Waals surface area contributed by atoms with Gasteiger partial charge in [0.1, 0.15) is 0 Å². The second-order valence-electron chi connectivity index (χ2n) is 7.21. The summed E-state index contributed by atoms with van der Waals surface area (Å²) in [5, 5.41) is 8.56. The minimum absolute atomic E-state index is 0.0278. The van der Waals surface area contributed by atoms with Crippen LogP contribution >= 0.6 is 0 Å². The first-order valence-electron chi connectivity index (χ1n) is 10.8. The minimum Gasteiger partial charge on any atom is -0.376 e. The van der Waals surface area contributed by atoms with E-state index >= 15 is 0 Å². The monoisotopic (exact) mass is 424 g/mol. The molecule has 3 N–H and O–H groups in total. The van der Waals surface area contributed by atoms with Crippen LogP contribution in [0.15, 0.2) is 48.5 Å². The Bertz CT molecular complexity index is 875. The number of benzene rings is 2. The van der Waals surface area contributed by atoms with E-state index in [9.17, 15) is 14.4 Å².